The molecule has 3 aromatic rings. The summed E-state index contributed by atoms with van der Waals surface area (Å²) in [4.78, 5) is 20.3. The number of carbonyl (C=O) groups is 1. The van der Waals surface area contributed by atoms with E-state index in [2.05, 4.69) is 20.6 Å². The SMILES string of the molecule is CN(c1ccccc1/C=C/c1ccnc(Nc2ccc3c(c2)CCC(=O)N3)n1)S(C)(=O)=O. The van der Waals surface area contributed by atoms with E-state index < -0.39 is 10.0 Å². The average Bonchev–Trinajstić information content (AvgIpc) is 2.77. The molecule has 0 bridgehead atoms. The van der Waals surface area contributed by atoms with Crippen molar-refractivity contribution in [3.05, 3.63) is 71.5 Å². The highest BCUT2D eigenvalue weighted by Gasteiger charge is 2.15. The predicted octanol–water partition coefficient (Wildman–Crippen LogP) is 3.67. The molecule has 2 N–H and O–H groups in total. The molecule has 2 heterocycles. The molecule has 1 aliphatic heterocycles. The lowest BCUT2D eigenvalue weighted by atomic mass is 10.0. The Morgan fingerprint density at radius 1 is 1.09 bits per heavy atom. The predicted molar refractivity (Wildman–Crippen MR) is 127 cm³/mol. The number of sulfonamides is 1. The van der Waals surface area contributed by atoms with Crippen molar-refractivity contribution in [3.63, 3.8) is 0 Å². The quantitative estimate of drug-likeness (QED) is 0.595. The number of fused-ring (bicyclic) bond motifs is 1. The van der Waals surface area contributed by atoms with Gasteiger partial charge in [-0.15, -0.1) is 0 Å². The smallest absolute Gasteiger partial charge is 0.232 e. The second kappa shape index (κ2) is 8.80. The lowest BCUT2D eigenvalue weighted by molar-refractivity contribution is -0.116. The first-order valence-electron chi connectivity index (χ1n) is 10.0. The summed E-state index contributed by atoms with van der Waals surface area (Å²) in [6.45, 7) is 0. The van der Waals surface area contributed by atoms with E-state index in [-0.39, 0.29) is 5.91 Å². The zero-order chi connectivity index (χ0) is 22.7. The van der Waals surface area contributed by atoms with Gasteiger partial charge in [-0.25, -0.2) is 18.4 Å². The van der Waals surface area contributed by atoms with Crippen LogP contribution < -0.4 is 14.9 Å². The highest BCUT2D eigenvalue weighted by atomic mass is 32.2. The van der Waals surface area contributed by atoms with Crippen molar-refractivity contribution in [2.75, 3.05) is 28.2 Å². The van der Waals surface area contributed by atoms with Gasteiger partial charge in [-0.3, -0.25) is 9.10 Å². The molecule has 164 valence electrons. The lowest BCUT2D eigenvalue weighted by Gasteiger charge is -2.18. The molecular formula is C23H23N5O3S. The van der Waals surface area contributed by atoms with Crippen molar-refractivity contribution in [3.8, 4) is 0 Å². The van der Waals surface area contributed by atoms with Gasteiger partial charge in [0.25, 0.3) is 0 Å². The third-order valence-electron chi connectivity index (χ3n) is 5.14. The number of aromatic nitrogens is 2. The minimum atomic E-state index is -3.37. The van der Waals surface area contributed by atoms with Crippen LogP contribution in [0.2, 0.25) is 0 Å². The molecule has 2 aromatic carbocycles. The van der Waals surface area contributed by atoms with Crippen LogP contribution in [-0.4, -0.2) is 37.6 Å². The number of hydrogen-bond donors (Lipinski definition) is 2. The number of rotatable bonds is 6. The Labute approximate surface area is 187 Å². The van der Waals surface area contributed by atoms with Crippen molar-refractivity contribution >= 4 is 51.1 Å². The second-order valence-corrected chi connectivity index (χ2v) is 9.49. The highest BCUT2D eigenvalue weighted by Crippen LogP contribution is 2.27. The molecule has 9 heteroatoms. The van der Waals surface area contributed by atoms with Crippen LogP contribution in [0.15, 0.2) is 54.7 Å². The largest absolute Gasteiger partial charge is 0.326 e. The van der Waals surface area contributed by atoms with Crippen LogP contribution in [0.4, 0.5) is 23.0 Å². The Bertz CT molecular complexity index is 1300. The van der Waals surface area contributed by atoms with Gasteiger partial charge >= 0.3 is 0 Å². The molecule has 8 nitrogen and oxygen atoms in total. The summed E-state index contributed by atoms with van der Waals surface area (Å²) in [5, 5.41) is 6.06. The minimum Gasteiger partial charge on any atom is -0.326 e. The summed E-state index contributed by atoms with van der Waals surface area (Å²) in [5.41, 5.74) is 4.75. The maximum absolute atomic E-state index is 11.9. The van der Waals surface area contributed by atoms with Crippen molar-refractivity contribution in [1.82, 2.24) is 9.97 Å². The van der Waals surface area contributed by atoms with Gasteiger partial charge in [-0.05, 0) is 54.0 Å². The van der Waals surface area contributed by atoms with E-state index in [0.717, 1.165) is 22.5 Å². The molecule has 4 rings (SSSR count). The average molecular weight is 450 g/mol. The monoisotopic (exact) mass is 449 g/mol. The van der Waals surface area contributed by atoms with Crippen LogP contribution in [0.5, 0.6) is 0 Å². The first kappa shape index (κ1) is 21.5. The normalized spacial score (nSPS) is 13.5. The number of hydrogen-bond acceptors (Lipinski definition) is 6. The van der Waals surface area contributed by atoms with Crippen LogP contribution in [-0.2, 0) is 21.2 Å². The summed E-state index contributed by atoms with van der Waals surface area (Å²) in [6, 6.07) is 14.7. The van der Waals surface area contributed by atoms with E-state index >= 15 is 0 Å². The Morgan fingerprint density at radius 3 is 2.72 bits per heavy atom. The number of nitrogens with one attached hydrogen (secondary N) is 2. The molecule has 1 amide bonds. The zero-order valence-corrected chi connectivity index (χ0v) is 18.6. The third kappa shape index (κ3) is 4.94. The summed E-state index contributed by atoms with van der Waals surface area (Å²) in [5.74, 6) is 0.471. The summed E-state index contributed by atoms with van der Waals surface area (Å²) >= 11 is 0. The van der Waals surface area contributed by atoms with Crippen molar-refractivity contribution in [2.24, 2.45) is 0 Å². The fourth-order valence-corrected chi connectivity index (χ4v) is 3.91. The second-order valence-electron chi connectivity index (χ2n) is 7.47. The van der Waals surface area contributed by atoms with Crippen LogP contribution in [0.3, 0.4) is 0 Å². The Hall–Kier alpha value is -3.72. The third-order valence-corrected chi connectivity index (χ3v) is 6.33. The fourth-order valence-electron chi connectivity index (χ4n) is 3.39. The van der Waals surface area contributed by atoms with Gasteiger partial charge in [0, 0.05) is 31.0 Å². The summed E-state index contributed by atoms with van der Waals surface area (Å²) in [7, 11) is -1.85. The maximum atomic E-state index is 11.9. The maximum Gasteiger partial charge on any atom is 0.232 e. The minimum absolute atomic E-state index is 0.0327. The zero-order valence-electron chi connectivity index (χ0n) is 17.7. The van der Waals surface area contributed by atoms with Crippen LogP contribution in [0.25, 0.3) is 12.2 Å². The van der Waals surface area contributed by atoms with Gasteiger partial charge in [0.15, 0.2) is 0 Å². The molecular weight excluding hydrogens is 426 g/mol. The Morgan fingerprint density at radius 2 is 1.91 bits per heavy atom. The number of anilines is 4. The fraction of sp³-hybridized carbons (Fsp3) is 0.174. The molecule has 1 aliphatic rings. The molecule has 0 unspecified atom stereocenters. The van der Waals surface area contributed by atoms with Crippen molar-refractivity contribution in [1.29, 1.82) is 0 Å². The number of para-hydroxylation sites is 1. The van der Waals surface area contributed by atoms with Gasteiger partial charge in [-0.2, -0.15) is 0 Å². The molecule has 0 spiro atoms. The first-order valence-corrected chi connectivity index (χ1v) is 11.9. The van der Waals surface area contributed by atoms with Crippen LogP contribution in [0.1, 0.15) is 23.2 Å². The van der Waals surface area contributed by atoms with Crippen molar-refractivity contribution < 1.29 is 13.2 Å². The van der Waals surface area contributed by atoms with Gasteiger partial charge < -0.3 is 10.6 Å². The van der Waals surface area contributed by atoms with E-state index in [1.165, 1.54) is 17.6 Å². The summed E-state index contributed by atoms with van der Waals surface area (Å²) in [6.07, 6.45) is 7.63. The molecule has 32 heavy (non-hydrogen) atoms. The number of nitrogens with zero attached hydrogens (tertiary/aromatic N) is 3. The van der Waals surface area contributed by atoms with Gasteiger partial charge in [-0.1, -0.05) is 24.3 Å². The number of amides is 1. The van der Waals surface area contributed by atoms with Gasteiger partial charge in [0.1, 0.15) is 0 Å². The molecule has 0 radical (unpaired) electrons. The molecule has 0 saturated heterocycles. The van der Waals surface area contributed by atoms with E-state index in [0.29, 0.717) is 30.2 Å². The standard InChI is InChI=1S/C23H23N5O3S/c1-28(32(2,30)31)21-6-4-3-5-16(21)7-9-18-13-14-24-23(25-18)26-19-10-11-20-17(15-19)8-12-22(29)27-20/h3-7,9-11,13-15H,8,12H2,1-2H3,(H,27,29)(H,24,25,26)/b9-7+. The first-order chi connectivity index (χ1) is 15.3. The summed E-state index contributed by atoms with van der Waals surface area (Å²) < 4.78 is 25.1. The number of aryl methyl sites for hydroxylation is 1. The Balaban J connectivity index is 1.54. The topological polar surface area (TPSA) is 104 Å². The van der Waals surface area contributed by atoms with Crippen molar-refractivity contribution in [2.45, 2.75) is 12.8 Å². The Kier molecular flexibility index (Phi) is 5.91. The molecule has 0 saturated carbocycles. The van der Waals surface area contributed by atoms with E-state index in [1.54, 1.807) is 24.4 Å². The molecule has 0 aliphatic carbocycles. The molecule has 0 fully saturated rings. The number of benzene rings is 2. The van der Waals surface area contributed by atoms with E-state index in [9.17, 15) is 13.2 Å². The number of carbonyl (C=O) groups excluding carboxylic acids is 1. The molecule has 0 atom stereocenters. The van der Waals surface area contributed by atoms with Gasteiger partial charge in [0.05, 0.1) is 17.6 Å². The van der Waals surface area contributed by atoms with E-state index in [1.807, 2.05) is 42.5 Å². The van der Waals surface area contributed by atoms with Gasteiger partial charge in [0.2, 0.25) is 21.9 Å². The van der Waals surface area contributed by atoms with Crippen LogP contribution in [0, 0.1) is 0 Å². The van der Waals surface area contributed by atoms with Crippen LogP contribution >= 0.6 is 0 Å². The lowest BCUT2D eigenvalue weighted by Crippen LogP contribution is -2.25. The van der Waals surface area contributed by atoms with E-state index in [4.69, 9.17) is 0 Å². The highest BCUT2D eigenvalue weighted by molar-refractivity contribution is 7.92. The molecule has 1 aromatic heterocycles.